The first-order valence-corrected chi connectivity index (χ1v) is 21.1. The van der Waals surface area contributed by atoms with Gasteiger partial charge < -0.3 is 15.6 Å². The van der Waals surface area contributed by atoms with Crippen molar-refractivity contribution >= 4 is 53.6 Å². The predicted octanol–water partition coefficient (Wildman–Crippen LogP) is 9.17. The van der Waals surface area contributed by atoms with E-state index in [1.807, 2.05) is 6.07 Å². The fraction of sp³-hybridized carbons (Fsp3) is 0.350. The molecule has 0 saturated carbocycles. The second kappa shape index (κ2) is 15.2. The lowest BCUT2D eigenvalue weighted by atomic mass is 10.1. The molecule has 3 N–H and O–H groups in total. The molecule has 5 rings (SSSR count). The number of hydrogen-bond acceptors (Lipinski definition) is 4. The largest absolute Gasteiger partial charge is 0.368 e. The van der Waals surface area contributed by atoms with Crippen LogP contribution in [0.2, 0.25) is 0 Å². The standard InChI is InChI=1S/C40H49N5S2/c1-7-46(8-2,9-3)27-24-31-13-17-33(18-14-31)29-42-39-38-35-23-26-45(37(35)22-21-36(38)43-40(41)44-39)30-34-19-15-32(16-20-34)25-28-47(10-4,11-5)12-6/h13-23,26H,7-12,29-30H2,1-6H3,(H3,41,42,43,44). The molecule has 0 amide bonds. The van der Waals surface area contributed by atoms with Gasteiger partial charge in [-0.1, -0.05) is 77.6 Å². The van der Waals surface area contributed by atoms with Gasteiger partial charge in [0.2, 0.25) is 5.95 Å². The molecule has 47 heavy (non-hydrogen) atoms. The lowest BCUT2D eigenvalue weighted by Gasteiger charge is -2.30. The molecule has 3 aromatic carbocycles. The average molecular weight is 664 g/mol. The molecule has 0 spiro atoms. The highest BCUT2D eigenvalue weighted by Gasteiger charge is 2.16. The minimum atomic E-state index is -0.841. The monoisotopic (exact) mass is 663 g/mol. The number of nitrogens with two attached hydrogens (primary N) is 1. The van der Waals surface area contributed by atoms with E-state index < -0.39 is 20.1 Å². The Balaban J connectivity index is 1.35. The Kier molecular flexibility index (Phi) is 11.1. The lowest BCUT2D eigenvalue weighted by Crippen LogP contribution is -2.06. The Hall–Kier alpha value is -4.04. The third kappa shape index (κ3) is 7.75. The number of nitrogen functional groups attached to an aromatic ring is 1. The molecule has 5 nitrogen and oxygen atoms in total. The molecule has 0 fully saturated rings. The highest BCUT2D eigenvalue weighted by atomic mass is 32.3. The molecule has 7 heteroatoms. The van der Waals surface area contributed by atoms with Gasteiger partial charge >= 0.3 is 0 Å². The lowest BCUT2D eigenvalue weighted by molar-refractivity contribution is 0.837. The maximum absolute atomic E-state index is 6.16. The van der Waals surface area contributed by atoms with Crippen LogP contribution in [0.1, 0.15) is 63.8 Å². The molecular formula is C40H49N5S2. The first-order chi connectivity index (χ1) is 22.8. The number of rotatable bonds is 11. The Morgan fingerprint density at radius 1 is 0.660 bits per heavy atom. The fourth-order valence-electron chi connectivity index (χ4n) is 5.96. The van der Waals surface area contributed by atoms with Crippen LogP contribution in [0.25, 0.3) is 21.8 Å². The van der Waals surface area contributed by atoms with Crippen LogP contribution in [0.5, 0.6) is 0 Å². The predicted molar refractivity (Wildman–Crippen MR) is 211 cm³/mol. The summed E-state index contributed by atoms with van der Waals surface area (Å²) in [4.78, 5) is 9.20. The second-order valence-electron chi connectivity index (χ2n) is 11.8. The number of nitrogens with one attached hydrogen (secondary N) is 1. The van der Waals surface area contributed by atoms with Crippen molar-refractivity contribution in [3.05, 3.63) is 95.2 Å². The third-order valence-corrected chi connectivity index (χ3v) is 17.2. The van der Waals surface area contributed by atoms with Gasteiger partial charge in [-0.3, -0.25) is 0 Å². The molecule has 0 radical (unpaired) electrons. The molecular weight excluding hydrogens is 615 g/mol. The smallest absolute Gasteiger partial charge is 0.222 e. The molecule has 5 aromatic rings. The average Bonchev–Trinajstić information content (AvgIpc) is 3.52. The Bertz CT molecular complexity index is 1930. The van der Waals surface area contributed by atoms with Crippen molar-refractivity contribution in [3.8, 4) is 22.3 Å². The molecule has 246 valence electrons. The van der Waals surface area contributed by atoms with Gasteiger partial charge in [-0.25, -0.2) is 4.98 Å². The van der Waals surface area contributed by atoms with E-state index in [4.69, 9.17) is 5.73 Å². The fourth-order valence-corrected chi connectivity index (χ4v) is 9.95. The Labute approximate surface area is 284 Å². The summed E-state index contributed by atoms with van der Waals surface area (Å²) in [7, 11) is -1.67. The van der Waals surface area contributed by atoms with Crippen molar-refractivity contribution in [2.75, 3.05) is 45.6 Å². The maximum atomic E-state index is 6.16. The van der Waals surface area contributed by atoms with E-state index in [0.717, 1.165) is 85.4 Å². The summed E-state index contributed by atoms with van der Waals surface area (Å²) in [6, 6.07) is 23.5. The van der Waals surface area contributed by atoms with E-state index >= 15 is 0 Å². The van der Waals surface area contributed by atoms with Crippen LogP contribution in [0.4, 0.5) is 11.8 Å². The number of benzene rings is 3. The summed E-state index contributed by atoms with van der Waals surface area (Å²) in [5.41, 5.74) is 12.7. The van der Waals surface area contributed by atoms with E-state index in [1.54, 1.807) is 0 Å². The van der Waals surface area contributed by atoms with Crippen LogP contribution >= 0.6 is 20.1 Å². The second-order valence-corrected chi connectivity index (χ2v) is 19.8. The summed E-state index contributed by atoms with van der Waals surface area (Å²) in [5.74, 6) is 14.9. The van der Waals surface area contributed by atoms with Crippen molar-refractivity contribution in [2.45, 2.75) is 54.6 Å². The first kappa shape index (κ1) is 34.3. The number of anilines is 2. The number of nitrogens with zero attached hydrogens (tertiary/aromatic N) is 3. The molecule has 0 aliphatic heterocycles. The summed E-state index contributed by atoms with van der Waals surface area (Å²) in [6.45, 7) is 15.0. The van der Waals surface area contributed by atoms with E-state index in [2.05, 4.69) is 151 Å². The summed E-state index contributed by atoms with van der Waals surface area (Å²) in [5, 5.41) is 12.9. The van der Waals surface area contributed by atoms with Gasteiger partial charge in [0, 0.05) is 41.3 Å². The zero-order valence-electron chi connectivity index (χ0n) is 28.8. The van der Waals surface area contributed by atoms with Crippen LogP contribution in [0, 0.1) is 22.3 Å². The van der Waals surface area contributed by atoms with E-state index in [-0.39, 0.29) is 5.95 Å². The van der Waals surface area contributed by atoms with Gasteiger partial charge in [0.25, 0.3) is 0 Å². The van der Waals surface area contributed by atoms with E-state index in [9.17, 15) is 0 Å². The van der Waals surface area contributed by atoms with Crippen molar-refractivity contribution in [2.24, 2.45) is 0 Å². The maximum Gasteiger partial charge on any atom is 0.222 e. The summed E-state index contributed by atoms with van der Waals surface area (Å²) >= 11 is 0. The SMILES string of the molecule is CCS(C#Cc1ccc(CNc2nc(N)nc3ccc4c(ccn4Cc4ccc(C#CS(CC)(CC)CC)cc4)c23)cc1)(CC)CC. The van der Waals surface area contributed by atoms with Crippen LogP contribution < -0.4 is 11.1 Å². The zero-order chi connectivity index (χ0) is 33.4. The van der Waals surface area contributed by atoms with Crippen molar-refractivity contribution in [3.63, 3.8) is 0 Å². The van der Waals surface area contributed by atoms with Crippen molar-refractivity contribution in [1.82, 2.24) is 14.5 Å². The van der Waals surface area contributed by atoms with E-state index in [1.165, 1.54) is 5.56 Å². The Morgan fingerprint density at radius 2 is 1.19 bits per heavy atom. The van der Waals surface area contributed by atoms with Gasteiger partial charge in [-0.15, -0.1) is 0 Å². The van der Waals surface area contributed by atoms with Crippen LogP contribution in [0.3, 0.4) is 0 Å². The number of hydrogen-bond donors (Lipinski definition) is 2. The van der Waals surface area contributed by atoms with Gasteiger partial charge in [0.15, 0.2) is 0 Å². The summed E-state index contributed by atoms with van der Waals surface area (Å²) in [6.07, 6.45) is 2.14. The highest BCUT2D eigenvalue weighted by Crippen LogP contribution is 2.46. The normalized spacial score (nSPS) is 12.3. The topological polar surface area (TPSA) is 68.8 Å². The van der Waals surface area contributed by atoms with Gasteiger partial charge in [-0.05, 0) is 98.6 Å². The molecule has 2 heterocycles. The first-order valence-electron chi connectivity index (χ1n) is 16.9. The molecule has 0 saturated heterocycles. The number of fused-ring (bicyclic) bond motifs is 3. The zero-order valence-corrected chi connectivity index (χ0v) is 30.5. The molecule has 2 aromatic heterocycles. The quantitative estimate of drug-likeness (QED) is 0.138. The highest BCUT2D eigenvalue weighted by molar-refractivity contribution is 8.37. The Morgan fingerprint density at radius 3 is 1.72 bits per heavy atom. The molecule has 0 bridgehead atoms. The van der Waals surface area contributed by atoms with Crippen molar-refractivity contribution in [1.29, 1.82) is 0 Å². The molecule has 0 aliphatic rings. The summed E-state index contributed by atoms with van der Waals surface area (Å²) < 4.78 is 2.28. The molecule has 0 aliphatic carbocycles. The number of aromatic nitrogens is 3. The molecule has 0 atom stereocenters. The van der Waals surface area contributed by atoms with Crippen LogP contribution in [-0.4, -0.2) is 49.1 Å². The van der Waals surface area contributed by atoms with Crippen molar-refractivity contribution < 1.29 is 0 Å². The third-order valence-electron chi connectivity index (χ3n) is 9.49. The van der Waals surface area contributed by atoms with Gasteiger partial charge in [-0.2, -0.15) is 25.0 Å². The molecule has 0 unspecified atom stereocenters. The van der Waals surface area contributed by atoms with Crippen LogP contribution in [-0.2, 0) is 13.1 Å². The minimum absolute atomic E-state index is 0.261. The van der Waals surface area contributed by atoms with E-state index in [0.29, 0.717) is 6.54 Å². The minimum Gasteiger partial charge on any atom is -0.368 e. The van der Waals surface area contributed by atoms with Crippen LogP contribution in [0.15, 0.2) is 72.9 Å². The van der Waals surface area contributed by atoms with Gasteiger partial charge in [0.05, 0.1) is 10.9 Å². The van der Waals surface area contributed by atoms with Gasteiger partial charge in [0.1, 0.15) is 5.82 Å².